The maximum atomic E-state index is 4.67. The Hall–Kier alpha value is -1.61. The molecule has 0 fully saturated rings. The van der Waals surface area contributed by atoms with E-state index in [-0.39, 0.29) is 0 Å². The van der Waals surface area contributed by atoms with Gasteiger partial charge < -0.3 is 0 Å². The predicted octanol–water partition coefficient (Wildman–Crippen LogP) is 4.19. The first kappa shape index (κ1) is 10.5. The molecule has 2 aromatic heterocycles. The van der Waals surface area contributed by atoms with Crippen LogP contribution in [0, 0.1) is 0 Å². The summed E-state index contributed by atoms with van der Waals surface area (Å²) < 4.78 is 2.13. The third kappa shape index (κ3) is 1.87. The molecule has 0 unspecified atom stereocenters. The summed E-state index contributed by atoms with van der Waals surface area (Å²) in [6.07, 6.45) is 4.29. The van der Waals surface area contributed by atoms with Crippen LogP contribution in [0.2, 0.25) is 0 Å². The van der Waals surface area contributed by atoms with Crippen molar-refractivity contribution in [1.82, 2.24) is 9.38 Å². The molecule has 3 aromatic rings. The number of rotatable bonds is 2. The van der Waals surface area contributed by atoms with Crippen molar-refractivity contribution in [2.24, 2.45) is 0 Å². The summed E-state index contributed by atoms with van der Waals surface area (Å²) in [5.74, 6) is 0.571. The molecule has 17 heavy (non-hydrogen) atoms. The molecule has 1 aromatic carbocycles. The average Bonchev–Trinajstić information content (AvgIpc) is 2.87. The number of aromatic nitrogens is 2. The SMILES string of the molecule is CC(C)c1cn2cc(-c3ccccc3)nc2s1. The number of fused-ring (bicyclic) bond motifs is 1. The van der Waals surface area contributed by atoms with Crippen LogP contribution >= 0.6 is 11.3 Å². The van der Waals surface area contributed by atoms with Crippen LogP contribution in [0.3, 0.4) is 0 Å². The lowest BCUT2D eigenvalue weighted by molar-refractivity contribution is 0.882. The van der Waals surface area contributed by atoms with Crippen LogP contribution in [0.25, 0.3) is 16.2 Å². The summed E-state index contributed by atoms with van der Waals surface area (Å²) in [5, 5.41) is 0. The predicted molar refractivity (Wildman–Crippen MR) is 72.6 cm³/mol. The standard InChI is InChI=1S/C14H14N2S/c1-10(2)13-9-16-8-12(15-14(16)17-13)11-6-4-3-5-7-11/h3-10H,1-2H3. The van der Waals surface area contributed by atoms with Gasteiger partial charge in [0, 0.05) is 22.8 Å². The summed E-state index contributed by atoms with van der Waals surface area (Å²) in [5.41, 5.74) is 2.22. The van der Waals surface area contributed by atoms with E-state index in [1.165, 1.54) is 10.4 Å². The molecule has 0 N–H and O–H groups in total. The normalized spacial score (nSPS) is 11.5. The first-order chi connectivity index (χ1) is 8.24. The van der Waals surface area contributed by atoms with Gasteiger partial charge in [0.15, 0.2) is 4.96 Å². The van der Waals surface area contributed by atoms with Gasteiger partial charge in [0.2, 0.25) is 0 Å². The molecular formula is C14H14N2S. The summed E-state index contributed by atoms with van der Waals surface area (Å²) in [7, 11) is 0. The van der Waals surface area contributed by atoms with Crippen molar-refractivity contribution in [1.29, 1.82) is 0 Å². The molecule has 3 heteroatoms. The topological polar surface area (TPSA) is 17.3 Å². The average molecular weight is 242 g/mol. The van der Waals surface area contributed by atoms with Crippen LogP contribution in [0.15, 0.2) is 42.7 Å². The number of benzene rings is 1. The highest BCUT2D eigenvalue weighted by Gasteiger charge is 2.09. The molecule has 0 spiro atoms. The molecule has 3 rings (SSSR count). The Bertz CT molecular complexity index is 603. The van der Waals surface area contributed by atoms with Crippen LogP contribution in [0.1, 0.15) is 24.6 Å². The van der Waals surface area contributed by atoms with Gasteiger partial charge in [-0.3, -0.25) is 4.40 Å². The fraction of sp³-hybridized carbons (Fsp3) is 0.214. The number of hydrogen-bond acceptors (Lipinski definition) is 2. The fourth-order valence-electron chi connectivity index (χ4n) is 1.83. The van der Waals surface area contributed by atoms with E-state index in [2.05, 4.69) is 47.8 Å². The summed E-state index contributed by atoms with van der Waals surface area (Å²) in [6, 6.07) is 10.3. The zero-order valence-electron chi connectivity index (χ0n) is 9.92. The number of thiazole rings is 1. The maximum absolute atomic E-state index is 4.67. The van der Waals surface area contributed by atoms with Crippen LogP contribution < -0.4 is 0 Å². The molecule has 0 saturated heterocycles. The Labute approximate surface area is 105 Å². The van der Waals surface area contributed by atoms with Crippen molar-refractivity contribution in [3.8, 4) is 11.3 Å². The highest BCUT2D eigenvalue weighted by atomic mass is 32.1. The zero-order valence-corrected chi connectivity index (χ0v) is 10.7. The van der Waals surface area contributed by atoms with Crippen molar-refractivity contribution in [2.45, 2.75) is 19.8 Å². The van der Waals surface area contributed by atoms with E-state index < -0.39 is 0 Å². The summed E-state index contributed by atoms with van der Waals surface area (Å²) >= 11 is 1.77. The van der Waals surface area contributed by atoms with Crippen LogP contribution in [-0.2, 0) is 0 Å². The molecule has 0 amide bonds. The molecule has 0 saturated carbocycles. The molecular weight excluding hydrogens is 228 g/mol. The van der Waals surface area contributed by atoms with E-state index in [1.54, 1.807) is 11.3 Å². The number of nitrogens with zero attached hydrogens (tertiary/aromatic N) is 2. The van der Waals surface area contributed by atoms with Crippen molar-refractivity contribution < 1.29 is 0 Å². The van der Waals surface area contributed by atoms with Gasteiger partial charge in [-0.05, 0) is 5.92 Å². The lowest BCUT2D eigenvalue weighted by Gasteiger charge is -1.96. The van der Waals surface area contributed by atoms with Crippen LogP contribution in [0.5, 0.6) is 0 Å². The molecule has 2 heterocycles. The molecule has 86 valence electrons. The quantitative estimate of drug-likeness (QED) is 0.658. The van der Waals surface area contributed by atoms with E-state index in [0.29, 0.717) is 5.92 Å². The summed E-state index contributed by atoms with van der Waals surface area (Å²) in [6.45, 7) is 4.42. The lowest BCUT2D eigenvalue weighted by atomic mass is 10.2. The van der Waals surface area contributed by atoms with Crippen LogP contribution in [0.4, 0.5) is 0 Å². The van der Waals surface area contributed by atoms with E-state index in [4.69, 9.17) is 0 Å². The van der Waals surface area contributed by atoms with E-state index >= 15 is 0 Å². The second-order valence-corrected chi connectivity index (χ2v) is 5.51. The Morgan fingerprint density at radius 3 is 2.53 bits per heavy atom. The zero-order chi connectivity index (χ0) is 11.8. The van der Waals surface area contributed by atoms with Gasteiger partial charge >= 0.3 is 0 Å². The highest BCUT2D eigenvalue weighted by Crippen LogP contribution is 2.27. The van der Waals surface area contributed by atoms with E-state index in [9.17, 15) is 0 Å². The molecule has 0 radical (unpaired) electrons. The first-order valence-electron chi connectivity index (χ1n) is 5.78. The highest BCUT2D eigenvalue weighted by molar-refractivity contribution is 7.17. The van der Waals surface area contributed by atoms with Gasteiger partial charge in [0.05, 0.1) is 5.69 Å². The maximum Gasteiger partial charge on any atom is 0.194 e. The van der Waals surface area contributed by atoms with Gasteiger partial charge in [-0.2, -0.15) is 0 Å². The summed E-state index contributed by atoms with van der Waals surface area (Å²) in [4.78, 5) is 7.13. The Kier molecular flexibility index (Phi) is 2.48. The molecule has 0 atom stereocenters. The number of hydrogen-bond donors (Lipinski definition) is 0. The van der Waals surface area contributed by atoms with Crippen molar-refractivity contribution in [2.75, 3.05) is 0 Å². The largest absolute Gasteiger partial charge is 0.297 e. The third-order valence-electron chi connectivity index (χ3n) is 2.81. The molecule has 0 bridgehead atoms. The Morgan fingerprint density at radius 2 is 1.88 bits per heavy atom. The third-order valence-corrected chi connectivity index (χ3v) is 4.11. The minimum atomic E-state index is 0.571. The van der Waals surface area contributed by atoms with Crippen molar-refractivity contribution >= 4 is 16.3 Å². The Balaban J connectivity index is 2.07. The minimum Gasteiger partial charge on any atom is -0.297 e. The smallest absolute Gasteiger partial charge is 0.194 e. The second kappa shape index (κ2) is 4.00. The van der Waals surface area contributed by atoms with Gasteiger partial charge in [-0.1, -0.05) is 44.2 Å². The van der Waals surface area contributed by atoms with E-state index in [1.807, 2.05) is 18.2 Å². The molecule has 0 aliphatic rings. The van der Waals surface area contributed by atoms with E-state index in [0.717, 1.165) is 10.7 Å². The molecule has 0 aliphatic carbocycles. The lowest BCUT2D eigenvalue weighted by Crippen LogP contribution is -1.81. The van der Waals surface area contributed by atoms with Crippen molar-refractivity contribution in [3.05, 3.63) is 47.6 Å². The first-order valence-corrected chi connectivity index (χ1v) is 6.59. The van der Waals surface area contributed by atoms with Crippen molar-refractivity contribution in [3.63, 3.8) is 0 Å². The molecule has 2 nitrogen and oxygen atoms in total. The van der Waals surface area contributed by atoms with Gasteiger partial charge in [0.25, 0.3) is 0 Å². The number of imidazole rings is 1. The Morgan fingerprint density at radius 1 is 1.12 bits per heavy atom. The second-order valence-electron chi connectivity index (χ2n) is 4.47. The van der Waals surface area contributed by atoms with Gasteiger partial charge in [0.1, 0.15) is 0 Å². The van der Waals surface area contributed by atoms with Gasteiger partial charge in [-0.25, -0.2) is 4.98 Å². The fourth-order valence-corrected chi connectivity index (χ4v) is 2.80. The monoisotopic (exact) mass is 242 g/mol. The van der Waals surface area contributed by atoms with Gasteiger partial charge in [-0.15, -0.1) is 11.3 Å². The van der Waals surface area contributed by atoms with Crippen LogP contribution in [-0.4, -0.2) is 9.38 Å². The minimum absolute atomic E-state index is 0.571. The molecule has 0 aliphatic heterocycles.